The van der Waals surface area contributed by atoms with E-state index in [0.29, 0.717) is 11.5 Å². The SMILES string of the molecule is CC1CCC(COC(C)CC(C)(C)C)CC1. The van der Waals surface area contributed by atoms with E-state index >= 15 is 0 Å². The Morgan fingerprint density at radius 1 is 1.12 bits per heavy atom. The van der Waals surface area contributed by atoms with E-state index < -0.39 is 0 Å². The Hall–Kier alpha value is -0.0400. The van der Waals surface area contributed by atoms with E-state index in [9.17, 15) is 0 Å². The van der Waals surface area contributed by atoms with E-state index in [1.165, 1.54) is 25.7 Å². The van der Waals surface area contributed by atoms with Crippen molar-refractivity contribution >= 4 is 0 Å². The van der Waals surface area contributed by atoms with Crippen LogP contribution in [0.3, 0.4) is 0 Å². The lowest BCUT2D eigenvalue weighted by atomic mass is 9.83. The maximum atomic E-state index is 5.99. The van der Waals surface area contributed by atoms with Gasteiger partial charge in [-0.3, -0.25) is 0 Å². The van der Waals surface area contributed by atoms with Crippen molar-refractivity contribution in [1.82, 2.24) is 0 Å². The van der Waals surface area contributed by atoms with Crippen LogP contribution >= 0.6 is 0 Å². The fourth-order valence-corrected chi connectivity index (χ4v) is 2.72. The van der Waals surface area contributed by atoms with Crippen LogP contribution in [0.25, 0.3) is 0 Å². The van der Waals surface area contributed by atoms with Crippen molar-refractivity contribution in [3.8, 4) is 0 Å². The zero-order chi connectivity index (χ0) is 12.2. The summed E-state index contributed by atoms with van der Waals surface area (Å²) >= 11 is 0. The van der Waals surface area contributed by atoms with Gasteiger partial charge in [-0.05, 0) is 43.4 Å². The van der Waals surface area contributed by atoms with Gasteiger partial charge in [-0.2, -0.15) is 0 Å². The average Bonchev–Trinajstić information content (AvgIpc) is 2.14. The molecule has 0 aliphatic heterocycles. The van der Waals surface area contributed by atoms with Crippen LogP contribution in [0.1, 0.15) is 66.7 Å². The average molecular weight is 226 g/mol. The molecule has 0 spiro atoms. The summed E-state index contributed by atoms with van der Waals surface area (Å²) in [6, 6.07) is 0. The van der Waals surface area contributed by atoms with Crippen LogP contribution in [0.2, 0.25) is 0 Å². The fraction of sp³-hybridized carbons (Fsp3) is 1.00. The third-order valence-corrected chi connectivity index (χ3v) is 3.65. The highest BCUT2D eigenvalue weighted by atomic mass is 16.5. The van der Waals surface area contributed by atoms with Crippen LogP contribution < -0.4 is 0 Å². The predicted molar refractivity (Wildman–Crippen MR) is 70.6 cm³/mol. The molecule has 1 unspecified atom stereocenters. The van der Waals surface area contributed by atoms with Crippen LogP contribution in [-0.2, 0) is 4.74 Å². The van der Waals surface area contributed by atoms with Gasteiger partial charge in [0.05, 0.1) is 6.10 Å². The van der Waals surface area contributed by atoms with E-state index in [2.05, 4.69) is 34.6 Å². The summed E-state index contributed by atoms with van der Waals surface area (Å²) in [5.41, 5.74) is 0.389. The Bertz CT molecular complexity index is 184. The van der Waals surface area contributed by atoms with E-state index in [1.807, 2.05) is 0 Å². The second-order valence-electron chi connectivity index (χ2n) is 7.03. The van der Waals surface area contributed by atoms with Crippen molar-refractivity contribution < 1.29 is 4.74 Å². The van der Waals surface area contributed by atoms with E-state index in [0.717, 1.165) is 24.9 Å². The quantitative estimate of drug-likeness (QED) is 0.678. The summed E-state index contributed by atoms with van der Waals surface area (Å²) in [6.45, 7) is 12.4. The molecule has 0 aromatic heterocycles. The highest BCUT2D eigenvalue weighted by Gasteiger charge is 2.20. The Kier molecular flexibility index (Phi) is 5.30. The van der Waals surface area contributed by atoms with Gasteiger partial charge in [0.15, 0.2) is 0 Å². The Balaban J connectivity index is 2.14. The second kappa shape index (κ2) is 6.05. The van der Waals surface area contributed by atoms with E-state index in [-0.39, 0.29) is 0 Å². The molecule has 1 heteroatoms. The van der Waals surface area contributed by atoms with Gasteiger partial charge in [-0.15, -0.1) is 0 Å². The van der Waals surface area contributed by atoms with Crippen molar-refractivity contribution in [3.63, 3.8) is 0 Å². The summed E-state index contributed by atoms with van der Waals surface area (Å²) in [5.74, 6) is 1.78. The number of hydrogen-bond acceptors (Lipinski definition) is 1. The van der Waals surface area contributed by atoms with Crippen molar-refractivity contribution in [2.75, 3.05) is 6.61 Å². The fourth-order valence-electron chi connectivity index (χ4n) is 2.72. The highest BCUT2D eigenvalue weighted by molar-refractivity contribution is 4.71. The summed E-state index contributed by atoms with van der Waals surface area (Å²) in [7, 11) is 0. The normalized spacial score (nSPS) is 29.1. The van der Waals surface area contributed by atoms with Crippen LogP contribution in [0, 0.1) is 17.3 Å². The molecule has 0 heterocycles. The van der Waals surface area contributed by atoms with Crippen LogP contribution in [-0.4, -0.2) is 12.7 Å². The molecule has 0 aromatic rings. The largest absolute Gasteiger partial charge is 0.378 e. The Morgan fingerprint density at radius 2 is 1.69 bits per heavy atom. The van der Waals surface area contributed by atoms with Gasteiger partial charge in [0.2, 0.25) is 0 Å². The monoisotopic (exact) mass is 226 g/mol. The third-order valence-electron chi connectivity index (χ3n) is 3.65. The molecule has 96 valence electrons. The summed E-state index contributed by atoms with van der Waals surface area (Å²) in [6.07, 6.45) is 7.14. The first-order valence-electron chi connectivity index (χ1n) is 6.98. The first kappa shape index (κ1) is 14.0. The Labute approximate surface area is 102 Å². The summed E-state index contributed by atoms with van der Waals surface area (Å²) in [4.78, 5) is 0. The molecule has 0 radical (unpaired) electrons. The Morgan fingerprint density at radius 3 is 2.19 bits per heavy atom. The number of rotatable bonds is 4. The van der Waals surface area contributed by atoms with E-state index in [1.54, 1.807) is 0 Å². The molecular weight excluding hydrogens is 196 g/mol. The van der Waals surface area contributed by atoms with Crippen LogP contribution in [0.15, 0.2) is 0 Å². The summed E-state index contributed by atoms with van der Waals surface area (Å²) in [5, 5.41) is 0. The first-order valence-corrected chi connectivity index (χ1v) is 6.98. The van der Waals surface area contributed by atoms with E-state index in [4.69, 9.17) is 4.74 Å². The topological polar surface area (TPSA) is 9.23 Å². The van der Waals surface area contributed by atoms with Gasteiger partial charge in [-0.1, -0.05) is 40.5 Å². The third kappa shape index (κ3) is 5.89. The maximum Gasteiger partial charge on any atom is 0.0552 e. The van der Waals surface area contributed by atoms with Gasteiger partial charge in [0.1, 0.15) is 0 Å². The number of hydrogen-bond donors (Lipinski definition) is 0. The molecule has 1 rings (SSSR count). The molecule has 1 nitrogen and oxygen atoms in total. The molecule has 1 atom stereocenters. The van der Waals surface area contributed by atoms with Crippen molar-refractivity contribution in [2.24, 2.45) is 17.3 Å². The molecule has 16 heavy (non-hydrogen) atoms. The molecular formula is C15H30O. The number of ether oxygens (including phenoxy) is 1. The van der Waals surface area contributed by atoms with Gasteiger partial charge in [-0.25, -0.2) is 0 Å². The minimum atomic E-state index is 0.389. The smallest absolute Gasteiger partial charge is 0.0552 e. The second-order valence-corrected chi connectivity index (χ2v) is 7.03. The maximum absolute atomic E-state index is 5.99. The molecule has 1 aliphatic carbocycles. The minimum absolute atomic E-state index is 0.389. The lowest BCUT2D eigenvalue weighted by molar-refractivity contribution is 0.00741. The van der Waals surface area contributed by atoms with Crippen LogP contribution in [0.4, 0.5) is 0 Å². The lowest BCUT2D eigenvalue weighted by Crippen LogP contribution is -2.23. The van der Waals surface area contributed by atoms with Crippen molar-refractivity contribution in [1.29, 1.82) is 0 Å². The molecule has 0 saturated heterocycles. The molecule has 1 aliphatic rings. The first-order chi connectivity index (χ1) is 7.37. The molecule has 0 aromatic carbocycles. The zero-order valence-corrected chi connectivity index (χ0v) is 11.9. The lowest BCUT2D eigenvalue weighted by Gasteiger charge is -2.29. The van der Waals surface area contributed by atoms with Gasteiger partial charge in [0.25, 0.3) is 0 Å². The zero-order valence-electron chi connectivity index (χ0n) is 11.9. The molecule has 1 saturated carbocycles. The summed E-state index contributed by atoms with van der Waals surface area (Å²) < 4.78 is 5.99. The van der Waals surface area contributed by atoms with Crippen molar-refractivity contribution in [3.05, 3.63) is 0 Å². The van der Waals surface area contributed by atoms with Crippen molar-refractivity contribution in [2.45, 2.75) is 72.8 Å². The molecule has 1 fully saturated rings. The standard InChI is InChI=1S/C15H30O/c1-12-6-8-14(9-7-12)11-16-13(2)10-15(3,4)5/h12-14H,6-11H2,1-5H3. The van der Waals surface area contributed by atoms with Gasteiger partial charge in [0, 0.05) is 6.61 Å². The van der Waals surface area contributed by atoms with Gasteiger partial charge >= 0.3 is 0 Å². The molecule has 0 N–H and O–H groups in total. The van der Waals surface area contributed by atoms with Gasteiger partial charge < -0.3 is 4.74 Å². The predicted octanol–water partition coefficient (Wildman–Crippen LogP) is 4.65. The molecule has 0 amide bonds. The minimum Gasteiger partial charge on any atom is -0.378 e. The highest BCUT2D eigenvalue weighted by Crippen LogP contribution is 2.29. The molecule has 0 bridgehead atoms. The van der Waals surface area contributed by atoms with Crippen LogP contribution in [0.5, 0.6) is 0 Å².